The Morgan fingerprint density at radius 2 is 1.78 bits per heavy atom. The van der Waals surface area contributed by atoms with Crippen LogP contribution in [0.25, 0.3) is 0 Å². The van der Waals surface area contributed by atoms with Crippen molar-refractivity contribution in [1.29, 1.82) is 5.26 Å². The van der Waals surface area contributed by atoms with E-state index in [0.717, 1.165) is 37.1 Å². The third kappa shape index (κ3) is 3.61. The molecule has 0 saturated carbocycles. The summed E-state index contributed by atoms with van der Waals surface area (Å²) in [5.41, 5.74) is 3.28. The van der Waals surface area contributed by atoms with E-state index in [1.54, 1.807) is 0 Å². The monoisotopic (exact) mass is 306 g/mol. The summed E-state index contributed by atoms with van der Waals surface area (Å²) in [6.45, 7) is 1.98. The number of aliphatic hydroxyl groups is 1. The van der Waals surface area contributed by atoms with Gasteiger partial charge in [0.05, 0.1) is 18.6 Å². The van der Waals surface area contributed by atoms with Crippen LogP contribution in [0, 0.1) is 11.3 Å². The van der Waals surface area contributed by atoms with Crippen molar-refractivity contribution in [3.8, 4) is 6.07 Å². The van der Waals surface area contributed by atoms with Crippen LogP contribution in [0.15, 0.2) is 54.6 Å². The van der Waals surface area contributed by atoms with Crippen molar-refractivity contribution in [2.24, 2.45) is 0 Å². The highest BCUT2D eigenvalue weighted by Gasteiger charge is 2.32. The Kier molecular flexibility index (Phi) is 5.07. The van der Waals surface area contributed by atoms with E-state index in [9.17, 15) is 5.26 Å². The maximum absolute atomic E-state index is 9.69. The zero-order chi connectivity index (χ0) is 16.1. The van der Waals surface area contributed by atoms with Gasteiger partial charge in [0.1, 0.15) is 0 Å². The van der Waals surface area contributed by atoms with Gasteiger partial charge in [0, 0.05) is 12.6 Å². The fourth-order valence-electron chi connectivity index (χ4n) is 3.45. The molecule has 23 heavy (non-hydrogen) atoms. The highest BCUT2D eigenvalue weighted by Crippen LogP contribution is 2.31. The summed E-state index contributed by atoms with van der Waals surface area (Å²) in [5.74, 6) is -0.0737. The molecule has 0 radical (unpaired) electrons. The van der Waals surface area contributed by atoms with Crippen LogP contribution in [-0.2, 0) is 13.2 Å². The maximum Gasteiger partial charge on any atom is 0.0868 e. The molecule has 1 heterocycles. The van der Waals surface area contributed by atoms with Crippen LogP contribution < -0.4 is 0 Å². The van der Waals surface area contributed by atoms with Crippen molar-refractivity contribution >= 4 is 0 Å². The number of nitrogens with zero attached hydrogens (tertiary/aromatic N) is 2. The number of hydrogen-bond donors (Lipinski definition) is 1. The van der Waals surface area contributed by atoms with Gasteiger partial charge < -0.3 is 5.11 Å². The molecule has 1 fully saturated rings. The number of aliphatic hydroxyl groups excluding tert-OH is 1. The van der Waals surface area contributed by atoms with Crippen LogP contribution in [0.1, 0.15) is 35.4 Å². The van der Waals surface area contributed by atoms with Crippen LogP contribution in [0.5, 0.6) is 0 Å². The molecule has 118 valence electrons. The van der Waals surface area contributed by atoms with Gasteiger partial charge in [-0.2, -0.15) is 5.26 Å². The first kappa shape index (κ1) is 15.7. The van der Waals surface area contributed by atoms with E-state index < -0.39 is 0 Å². The molecular formula is C20H22N2O. The van der Waals surface area contributed by atoms with Gasteiger partial charge in [0.15, 0.2) is 0 Å². The molecule has 0 bridgehead atoms. The highest BCUT2D eigenvalue weighted by atomic mass is 16.3. The summed E-state index contributed by atoms with van der Waals surface area (Å²) in [6.07, 6.45) is 2.21. The number of nitriles is 1. The van der Waals surface area contributed by atoms with Crippen molar-refractivity contribution in [3.63, 3.8) is 0 Å². The smallest absolute Gasteiger partial charge is 0.0868 e. The number of hydrogen-bond acceptors (Lipinski definition) is 3. The van der Waals surface area contributed by atoms with E-state index in [1.165, 1.54) is 5.56 Å². The molecule has 1 aliphatic rings. The predicted molar refractivity (Wildman–Crippen MR) is 90.6 cm³/mol. The van der Waals surface area contributed by atoms with E-state index in [1.807, 2.05) is 30.3 Å². The Labute approximate surface area is 137 Å². The lowest BCUT2D eigenvalue weighted by molar-refractivity contribution is 0.232. The SMILES string of the molecule is N#CC(c1ccccc1)C1CCCN1Cc1ccc(CO)cc1. The first-order chi connectivity index (χ1) is 11.3. The zero-order valence-corrected chi connectivity index (χ0v) is 13.2. The first-order valence-corrected chi connectivity index (χ1v) is 8.19. The minimum atomic E-state index is -0.0737. The molecule has 1 aliphatic heterocycles. The normalized spacial score (nSPS) is 19.4. The summed E-state index contributed by atoms with van der Waals surface area (Å²) < 4.78 is 0. The van der Waals surface area contributed by atoms with Crippen LogP contribution in [-0.4, -0.2) is 22.6 Å². The lowest BCUT2D eigenvalue weighted by Crippen LogP contribution is -2.33. The van der Waals surface area contributed by atoms with Crippen molar-refractivity contribution in [2.45, 2.75) is 38.0 Å². The second kappa shape index (κ2) is 7.41. The minimum absolute atomic E-state index is 0.0737. The van der Waals surface area contributed by atoms with Gasteiger partial charge in [-0.1, -0.05) is 54.6 Å². The maximum atomic E-state index is 9.69. The molecule has 2 aromatic rings. The van der Waals surface area contributed by atoms with E-state index >= 15 is 0 Å². The van der Waals surface area contributed by atoms with Crippen molar-refractivity contribution < 1.29 is 5.11 Å². The largest absolute Gasteiger partial charge is 0.392 e. The van der Waals surface area contributed by atoms with E-state index in [4.69, 9.17) is 5.11 Å². The number of rotatable bonds is 5. The Morgan fingerprint density at radius 3 is 2.43 bits per heavy atom. The highest BCUT2D eigenvalue weighted by molar-refractivity contribution is 5.28. The molecule has 2 unspecified atom stereocenters. The van der Waals surface area contributed by atoms with E-state index in [-0.39, 0.29) is 18.6 Å². The summed E-state index contributed by atoms with van der Waals surface area (Å²) in [5, 5.41) is 18.8. The lowest BCUT2D eigenvalue weighted by atomic mass is 9.91. The Morgan fingerprint density at radius 1 is 1.09 bits per heavy atom. The molecule has 3 rings (SSSR count). The average Bonchev–Trinajstić information content (AvgIpc) is 3.05. The molecule has 1 N–H and O–H groups in total. The predicted octanol–water partition coefficient (Wildman–Crippen LogP) is 3.45. The van der Waals surface area contributed by atoms with Gasteiger partial charge in [-0.25, -0.2) is 0 Å². The van der Waals surface area contributed by atoms with Crippen molar-refractivity contribution in [1.82, 2.24) is 4.90 Å². The molecule has 2 aromatic carbocycles. The van der Waals surface area contributed by atoms with E-state index in [2.05, 4.69) is 35.2 Å². The molecular weight excluding hydrogens is 284 g/mol. The van der Waals surface area contributed by atoms with E-state index in [0.29, 0.717) is 0 Å². The molecule has 0 aromatic heterocycles. The Bertz CT molecular complexity index is 660. The fraction of sp³-hybridized carbons (Fsp3) is 0.350. The molecule has 0 amide bonds. The molecule has 2 atom stereocenters. The number of benzene rings is 2. The topological polar surface area (TPSA) is 47.3 Å². The first-order valence-electron chi connectivity index (χ1n) is 8.19. The molecule has 3 nitrogen and oxygen atoms in total. The fourth-order valence-corrected chi connectivity index (χ4v) is 3.45. The van der Waals surface area contributed by atoms with Gasteiger partial charge in [-0.05, 0) is 36.1 Å². The summed E-state index contributed by atoms with van der Waals surface area (Å²) >= 11 is 0. The average molecular weight is 306 g/mol. The van der Waals surface area contributed by atoms with Gasteiger partial charge in [-0.15, -0.1) is 0 Å². The van der Waals surface area contributed by atoms with Crippen LogP contribution in [0.4, 0.5) is 0 Å². The minimum Gasteiger partial charge on any atom is -0.392 e. The van der Waals surface area contributed by atoms with Gasteiger partial charge >= 0.3 is 0 Å². The van der Waals surface area contributed by atoms with Crippen molar-refractivity contribution in [3.05, 3.63) is 71.3 Å². The molecule has 0 aliphatic carbocycles. The second-order valence-electron chi connectivity index (χ2n) is 6.17. The quantitative estimate of drug-likeness (QED) is 0.920. The van der Waals surface area contributed by atoms with Crippen LogP contribution >= 0.6 is 0 Å². The van der Waals surface area contributed by atoms with Gasteiger partial charge in [0.2, 0.25) is 0 Å². The third-order valence-electron chi connectivity index (χ3n) is 4.69. The molecule has 1 saturated heterocycles. The van der Waals surface area contributed by atoms with Crippen LogP contribution in [0.3, 0.4) is 0 Å². The lowest BCUT2D eigenvalue weighted by Gasteiger charge is -2.28. The summed E-state index contributed by atoms with van der Waals surface area (Å²) in [6, 6.07) is 21.0. The Hall–Kier alpha value is -2.15. The molecule has 0 spiro atoms. The summed E-state index contributed by atoms with van der Waals surface area (Å²) in [4.78, 5) is 2.43. The van der Waals surface area contributed by atoms with Gasteiger partial charge in [0.25, 0.3) is 0 Å². The zero-order valence-electron chi connectivity index (χ0n) is 13.2. The molecule has 3 heteroatoms. The third-order valence-corrected chi connectivity index (χ3v) is 4.69. The Balaban J connectivity index is 1.75. The standard InChI is InChI=1S/C20H22N2O/c21-13-19(18-5-2-1-3-6-18)20-7-4-12-22(20)14-16-8-10-17(15-23)11-9-16/h1-3,5-6,8-11,19-20,23H,4,7,12,14-15H2. The second-order valence-corrected chi connectivity index (χ2v) is 6.17. The van der Waals surface area contributed by atoms with Gasteiger partial charge in [-0.3, -0.25) is 4.90 Å². The van der Waals surface area contributed by atoms with Crippen molar-refractivity contribution in [2.75, 3.05) is 6.54 Å². The summed E-state index contributed by atoms with van der Waals surface area (Å²) in [7, 11) is 0. The number of likely N-dealkylation sites (tertiary alicyclic amines) is 1. The van der Waals surface area contributed by atoms with Crippen LogP contribution in [0.2, 0.25) is 0 Å².